The van der Waals surface area contributed by atoms with Crippen LogP contribution in [0.4, 0.5) is 11.4 Å². The highest BCUT2D eigenvalue weighted by atomic mass is 32.2. The molecule has 1 aromatic heterocycles. The third-order valence-corrected chi connectivity index (χ3v) is 8.47. The summed E-state index contributed by atoms with van der Waals surface area (Å²) < 4.78 is 27.9. The number of aryl methyl sites for hydroxylation is 1. The third-order valence-electron chi connectivity index (χ3n) is 5.24. The van der Waals surface area contributed by atoms with E-state index in [9.17, 15) is 23.3 Å². The largest absolute Gasteiger partial charge is 0.324 e. The van der Waals surface area contributed by atoms with Crippen LogP contribution in [0.5, 0.6) is 0 Å². The molecule has 0 saturated carbocycles. The van der Waals surface area contributed by atoms with Gasteiger partial charge in [0, 0.05) is 23.9 Å². The van der Waals surface area contributed by atoms with Crippen molar-refractivity contribution in [2.24, 2.45) is 0 Å². The van der Waals surface area contributed by atoms with Crippen LogP contribution in [0.3, 0.4) is 0 Å². The van der Waals surface area contributed by atoms with E-state index in [2.05, 4.69) is 5.32 Å². The van der Waals surface area contributed by atoms with Crippen LogP contribution in [0, 0.1) is 17.0 Å². The minimum atomic E-state index is -3.89. The predicted molar refractivity (Wildman–Crippen MR) is 117 cm³/mol. The van der Waals surface area contributed by atoms with Crippen molar-refractivity contribution in [3.8, 4) is 0 Å². The molecule has 0 aliphatic carbocycles. The second kappa shape index (κ2) is 8.22. The molecule has 0 spiro atoms. The van der Waals surface area contributed by atoms with E-state index in [-0.39, 0.29) is 28.5 Å². The number of anilines is 1. The fraction of sp³-hybridized carbons (Fsp3) is 0.190. The first-order chi connectivity index (χ1) is 14.8. The smallest absolute Gasteiger partial charge is 0.274 e. The van der Waals surface area contributed by atoms with Gasteiger partial charge < -0.3 is 5.32 Å². The van der Waals surface area contributed by atoms with E-state index in [1.165, 1.54) is 16.4 Å². The molecular formula is C21H19N3O5S2. The number of benzene rings is 2. The Morgan fingerprint density at radius 3 is 2.58 bits per heavy atom. The lowest BCUT2D eigenvalue weighted by Crippen LogP contribution is -2.50. The molecule has 8 nitrogen and oxygen atoms in total. The van der Waals surface area contributed by atoms with Crippen molar-refractivity contribution in [2.75, 3.05) is 5.32 Å². The van der Waals surface area contributed by atoms with Crippen molar-refractivity contribution >= 4 is 38.6 Å². The van der Waals surface area contributed by atoms with Crippen molar-refractivity contribution in [2.45, 2.75) is 30.1 Å². The number of nitro groups is 1. The fourth-order valence-electron chi connectivity index (χ4n) is 3.61. The van der Waals surface area contributed by atoms with Gasteiger partial charge >= 0.3 is 0 Å². The van der Waals surface area contributed by atoms with Gasteiger partial charge in [-0.05, 0) is 42.0 Å². The SMILES string of the molecule is Cc1ccc(NC(=O)[C@@H]2Cc3ccccc3CN2S(=O)(=O)c2cccs2)cc1[N+](=O)[O-]. The number of nitrogens with one attached hydrogen (secondary N) is 1. The quantitative estimate of drug-likeness (QED) is 0.464. The van der Waals surface area contributed by atoms with Crippen molar-refractivity contribution in [3.05, 3.63) is 86.8 Å². The highest BCUT2D eigenvalue weighted by molar-refractivity contribution is 7.91. The average molecular weight is 458 g/mol. The predicted octanol–water partition coefficient (Wildman–Crippen LogP) is 3.72. The number of rotatable bonds is 5. The van der Waals surface area contributed by atoms with Crippen LogP contribution in [0.25, 0.3) is 0 Å². The summed E-state index contributed by atoms with van der Waals surface area (Å²) in [5.41, 5.74) is 2.34. The first-order valence-corrected chi connectivity index (χ1v) is 11.8. The average Bonchev–Trinajstić information content (AvgIpc) is 3.30. The molecule has 2 heterocycles. The molecule has 1 amide bonds. The standard InChI is InChI=1S/C21H19N3O5S2/c1-14-8-9-17(12-18(14)24(26)27)22-21(25)19-11-15-5-2-3-6-16(15)13-23(19)31(28,29)20-7-4-10-30-20/h2-10,12,19H,11,13H2,1H3,(H,22,25)/t19-/m0/s1. The van der Waals surface area contributed by atoms with Gasteiger partial charge in [-0.15, -0.1) is 11.3 Å². The van der Waals surface area contributed by atoms with Crippen molar-refractivity contribution in [1.29, 1.82) is 0 Å². The van der Waals surface area contributed by atoms with Crippen LogP contribution in [0.15, 0.2) is 64.2 Å². The molecule has 160 valence electrons. The van der Waals surface area contributed by atoms with Gasteiger partial charge in [0.2, 0.25) is 5.91 Å². The Bertz CT molecular complexity index is 1260. The number of hydrogen-bond acceptors (Lipinski definition) is 6. The number of fused-ring (bicyclic) bond motifs is 1. The van der Waals surface area contributed by atoms with Crippen LogP contribution < -0.4 is 5.32 Å². The minimum absolute atomic E-state index is 0.0720. The third kappa shape index (κ3) is 4.09. The summed E-state index contributed by atoms with van der Waals surface area (Å²) >= 11 is 1.09. The summed E-state index contributed by atoms with van der Waals surface area (Å²) in [5, 5.41) is 15.6. The van der Waals surface area contributed by atoms with E-state index < -0.39 is 26.9 Å². The Hall–Kier alpha value is -3.08. The minimum Gasteiger partial charge on any atom is -0.324 e. The van der Waals surface area contributed by atoms with E-state index in [1.54, 1.807) is 30.5 Å². The van der Waals surface area contributed by atoms with Gasteiger partial charge in [-0.25, -0.2) is 8.42 Å². The number of thiophene rings is 1. The highest BCUT2D eigenvalue weighted by Gasteiger charge is 2.40. The summed E-state index contributed by atoms with van der Waals surface area (Å²) in [6.07, 6.45) is 0.209. The lowest BCUT2D eigenvalue weighted by molar-refractivity contribution is -0.385. The number of amides is 1. The van der Waals surface area contributed by atoms with Crippen molar-refractivity contribution in [3.63, 3.8) is 0 Å². The molecule has 31 heavy (non-hydrogen) atoms. The fourth-order valence-corrected chi connectivity index (χ4v) is 6.29. The topological polar surface area (TPSA) is 110 Å². The maximum atomic E-state index is 13.3. The van der Waals surface area contributed by atoms with Gasteiger partial charge in [0.1, 0.15) is 10.3 Å². The number of nitro benzene ring substituents is 1. The van der Waals surface area contributed by atoms with Crippen LogP contribution in [0.2, 0.25) is 0 Å². The van der Waals surface area contributed by atoms with Crippen LogP contribution in [-0.4, -0.2) is 29.6 Å². The Labute approximate surface area is 183 Å². The van der Waals surface area contributed by atoms with E-state index in [4.69, 9.17) is 0 Å². The van der Waals surface area contributed by atoms with E-state index in [0.717, 1.165) is 22.5 Å². The second-order valence-corrected chi connectivity index (χ2v) is 10.3. The van der Waals surface area contributed by atoms with Crippen LogP contribution in [-0.2, 0) is 27.8 Å². The van der Waals surface area contributed by atoms with Gasteiger partial charge in [0.25, 0.3) is 15.7 Å². The summed E-state index contributed by atoms with van der Waals surface area (Å²) in [7, 11) is -3.89. The molecule has 0 unspecified atom stereocenters. The van der Waals surface area contributed by atoms with E-state index in [1.807, 2.05) is 24.3 Å². The lowest BCUT2D eigenvalue weighted by atomic mass is 9.95. The molecule has 2 aromatic carbocycles. The molecule has 1 atom stereocenters. The molecule has 1 aliphatic rings. The Kier molecular flexibility index (Phi) is 5.61. The summed E-state index contributed by atoms with van der Waals surface area (Å²) in [6, 6.07) is 14.0. The summed E-state index contributed by atoms with van der Waals surface area (Å²) in [4.78, 5) is 23.9. The van der Waals surface area contributed by atoms with Gasteiger partial charge in [-0.1, -0.05) is 36.4 Å². The molecular weight excluding hydrogens is 438 g/mol. The molecule has 0 saturated heterocycles. The summed E-state index contributed by atoms with van der Waals surface area (Å²) in [5.74, 6) is -0.534. The molecule has 0 fully saturated rings. The molecule has 0 bridgehead atoms. The Balaban J connectivity index is 1.69. The monoisotopic (exact) mass is 457 g/mol. The summed E-state index contributed by atoms with van der Waals surface area (Å²) in [6.45, 7) is 1.68. The highest BCUT2D eigenvalue weighted by Crippen LogP contribution is 2.32. The zero-order valence-corrected chi connectivity index (χ0v) is 18.2. The molecule has 4 rings (SSSR count). The maximum Gasteiger partial charge on any atom is 0.274 e. The Morgan fingerprint density at radius 2 is 1.90 bits per heavy atom. The van der Waals surface area contributed by atoms with E-state index in [0.29, 0.717) is 5.56 Å². The molecule has 1 aliphatic heterocycles. The number of nitrogens with zero attached hydrogens (tertiary/aromatic N) is 2. The number of hydrogen-bond donors (Lipinski definition) is 1. The van der Waals surface area contributed by atoms with Gasteiger partial charge in [-0.2, -0.15) is 4.31 Å². The van der Waals surface area contributed by atoms with Gasteiger partial charge in [0.05, 0.1) is 4.92 Å². The molecule has 1 N–H and O–H groups in total. The first kappa shape index (κ1) is 21.2. The molecule has 10 heteroatoms. The van der Waals surface area contributed by atoms with Gasteiger partial charge in [-0.3, -0.25) is 14.9 Å². The van der Waals surface area contributed by atoms with Crippen molar-refractivity contribution in [1.82, 2.24) is 4.31 Å². The lowest BCUT2D eigenvalue weighted by Gasteiger charge is -2.34. The normalized spacial score (nSPS) is 16.5. The number of carbonyl (C=O) groups is 1. The van der Waals surface area contributed by atoms with E-state index >= 15 is 0 Å². The first-order valence-electron chi connectivity index (χ1n) is 9.45. The maximum absolute atomic E-state index is 13.3. The van der Waals surface area contributed by atoms with Crippen molar-refractivity contribution < 1.29 is 18.1 Å². The number of sulfonamides is 1. The second-order valence-electron chi connectivity index (χ2n) is 7.22. The van der Waals surface area contributed by atoms with Crippen LogP contribution >= 0.6 is 11.3 Å². The number of carbonyl (C=O) groups excluding carboxylic acids is 1. The molecule has 3 aromatic rings. The van der Waals surface area contributed by atoms with Gasteiger partial charge in [0.15, 0.2) is 0 Å². The Morgan fingerprint density at radius 1 is 1.16 bits per heavy atom. The molecule has 0 radical (unpaired) electrons. The van der Waals surface area contributed by atoms with Crippen LogP contribution in [0.1, 0.15) is 16.7 Å². The zero-order valence-electron chi connectivity index (χ0n) is 16.5. The zero-order chi connectivity index (χ0) is 22.2.